The lowest BCUT2D eigenvalue weighted by molar-refractivity contribution is -0.148. The van der Waals surface area contributed by atoms with E-state index in [4.69, 9.17) is 9.26 Å². The molecule has 27 heavy (non-hydrogen) atoms. The fourth-order valence-corrected chi connectivity index (χ4v) is 3.29. The quantitative estimate of drug-likeness (QED) is 0.662. The van der Waals surface area contributed by atoms with Crippen LogP contribution in [0.25, 0.3) is 11.0 Å². The molecule has 140 valence electrons. The molecule has 1 fully saturated rings. The normalized spacial score (nSPS) is 15.6. The number of aromatic nitrogens is 1. The Bertz CT molecular complexity index is 917. The van der Waals surface area contributed by atoms with Crippen molar-refractivity contribution in [3.63, 3.8) is 0 Å². The number of anilines is 3. The summed E-state index contributed by atoms with van der Waals surface area (Å²) in [5, 5.41) is 10.5. The minimum Gasteiger partial charge on any atom is -0.462 e. The van der Waals surface area contributed by atoms with E-state index in [0.717, 1.165) is 42.7 Å². The molecule has 0 bridgehead atoms. The highest BCUT2D eigenvalue weighted by Crippen LogP contribution is 2.31. The molecule has 2 heterocycles. The van der Waals surface area contributed by atoms with Crippen LogP contribution in [-0.2, 0) is 9.53 Å². The van der Waals surface area contributed by atoms with E-state index in [1.807, 2.05) is 48.5 Å². The molecule has 1 aliphatic rings. The first-order valence-electron chi connectivity index (χ1n) is 9.08. The van der Waals surface area contributed by atoms with Gasteiger partial charge in [-0.3, -0.25) is 4.79 Å². The SMILES string of the molecule is CC(=O)OC1CCN(Nc2cccc3c(Nc4ccccc4)noc23)CC1. The van der Waals surface area contributed by atoms with Crippen LogP contribution in [0, 0.1) is 0 Å². The summed E-state index contributed by atoms with van der Waals surface area (Å²) < 4.78 is 10.9. The van der Waals surface area contributed by atoms with Crippen LogP contribution in [0.2, 0.25) is 0 Å². The number of hydrazine groups is 1. The Balaban J connectivity index is 1.46. The second-order valence-corrected chi connectivity index (χ2v) is 6.61. The second kappa shape index (κ2) is 7.67. The summed E-state index contributed by atoms with van der Waals surface area (Å²) in [7, 11) is 0. The second-order valence-electron chi connectivity index (χ2n) is 6.61. The monoisotopic (exact) mass is 366 g/mol. The number of para-hydroxylation sites is 2. The predicted octanol–water partition coefficient (Wildman–Crippen LogP) is 3.93. The van der Waals surface area contributed by atoms with Gasteiger partial charge in [0, 0.05) is 25.7 Å². The van der Waals surface area contributed by atoms with Crippen molar-refractivity contribution in [1.29, 1.82) is 0 Å². The molecule has 0 radical (unpaired) electrons. The van der Waals surface area contributed by atoms with Gasteiger partial charge in [0.25, 0.3) is 0 Å². The molecular weight excluding hydrogens is 344 g/mol. The number of ether oxygens (including phenoxy) is 1. The van der Waals surface area contributed by atoms with Crippen molar-refractivity contribution in [3.8, 4) is 0 Å². The average molecular weight is 366 g/mol. The van der Waals surface area contributed by atoms with Gasteiger partial charge in [0.1, 0.15) is 6.10 Å². The van der Waals surface area contributed by atoms with Gasteiger partial charge in [0.05, 0.1) is 11.1 Å². The summed E-state index contributed by atoms with van der Waals surface area (Å²) in [5.41, 5.74) is 5.94. The lowest BCUT2D eigenvalue weighted by Crippen LogP contribution is -2.40. The molecule has 0 amide bonds. The number of rotatable bonds is 5. The largest absolute Gasteiger partial charge is 0.462 e. The van der Waals surface area contributed by atoms with Gasteiger partial charge in [0.15, 0.2) is 11.4 Å². The number of hydrogen-bond acceptors (Lipinski definition) is 7. The Kier molecular flexibility index (Phi) is 4.93. The fourth-order valence-electron chi connectivity index (χ4n) is 3.29. The Morgan fingerprint density at radius 3 is 2.67 bits per heavy atom. The topological polar surface area (TPSA) is 79.6 Å². The molecule has 7 nitrogen and oxygen atoms in total. The van der Waals surface area contributed by atoms with Gasteiger partial charge >= 0.3 is 5.97 Å². The van der Waals surface area contributed by atoms with Crippen molar-refractivity contribution in [2.75, 3.05) is 23.8 Å². The van der Waals surface area contributed by atoms with Crippen LogP contribution >= 0.6 is 0 Å². The zero-order chi connectivity index (χ0) is 18.6. The Labute approximate surface area is 157 Å². The fraction of sp³-hybridized carbons (Fsp3) is 0.300. The smallest absolute Gasteiger partial charge is 0.302 e. The summed E-state index contributed by atoms with van der Waals surface area (Å²) >= 11 is 0. The third-order valence-electron chi connectivity index (χ3n) is 4.59. The van der Waals surface area contributed by atoms with Crippen molar-refractivity contribution in [2.24, 2.45) is 0 Å². The first-order valence-corrected chi connectivity index (χ1v) is 9.08. The van der Waals surface area contributed by atoms with Crippen molar-refractivity contribution < 1.29 is 14.1 Å². The molecule has 7 heteroatoms. The van der Waals surface area contributed by atoms with Gasteiger partial charge in [-0.25, -0.2) is 5.01 Å². The highest BCUT2D eigenvalue weighted by Gasteiger charge is 2.22. The molecular formula is C20H22N4O3. The highest BCUT2D eigenvalue weighted by atomic mass is 16.5. The van der Waals surface area contributed by atoms with Crippen molar-refractivity contribution in [1.82, 2.24) is 10.2 Å². The van der Waals surface area contributed by atoms with Crippen LogP contribution in [-0.4, -0.2) is 35.3 Å². The number of esters is 1. The molecule has 0 atom stereocenters. The number of benzene rings is 2. The number of piperidine rings is 1. The van der Waals surface area contributed by atoms with Crippen molar-refractivity contribution in [3.05, 3.63) is 48.5 Å². The summed E-state index contributed by atoms with van der Waals surface area (Å²) in [6, 6.07) is 15.8. The van der Waals surface area contributed by atoms with Gasteiger partial charge in [-0.05, 0) is 37.1 Å². The maximum absolute atomic E-state index is 11.1. The minimum absolute atomic E-state index is 0.00305. The van der Waals surface area contributed by atoms with Crippen LogP contribution in [0.15, 0.2) is 53.1 Å². The first kappa shape index (κ1) is 17.4. The van der Waals surface area contributed by atoms with E-state index in [0.29, 0.717) is 11.4 Å². The lowest BCUT2D eigenvalue weighted by atomic mass is 10.1. The molecule has 1 aromatic heterocycles. The first-order chi connectivity index (χ1) is 13.2. The number of nitrogens with one attached hydrogen (secondary N) is 2. The molecule has 2 N–H and O–H groups in total. The molecule has 0 aliphatic carbocycles. The predicted molar refractivity (Wildman–Crippen MR) is 104 cm³/mol. The maximum atomic E-state index is 11.1. The van der Waals surface area contributed by atoms with Crippen LogP contribution in [0.4, 0.5) is 17.2 Å². The zero-order valence-electron chi connectivity index (χ0n) is 15.1. The third kappa shape index (κ3) is 4.03. The molecule has 2 aromatic carbocycles. The van der Waals surface area contributed by atoms with E-state index in [1.165, 1.54) is 6.92 Å². The molecule has 3 aromatic rings. The van der Waals surface area contributed by atoms with Crippen LogP contribution < -0.4 is 10.7 Å². The van der Waals surface area contributed by atoms with Gasteiger partial charge in [-0.1, -0.05) is 29.4 Å². The van der Waals surface area contributed by atoms with Crippen LogP contribution in [0.3, 0.4) is 0 Å². The molecule has 0 unspecified atom stereocenters. The average Bonchev–Trinajstić information content (AvgIpc) is 3.08. The molecule has 1 saturated heterocycles. The van der Waals surface area contributed by atoms with Crippen LogP contribution in [0.1, 0.15) is 19.8 Å². The zero-order valence-corrected chi connectivity index (χ0v) is 15.1. The van der Waals surface area contributed by atoms with E-state index < -0.39 is 0 Å². The van der Waals surface area contributed by atoms with Gasteiger partial charge in [0.2, 0.25) is 0 Å². The minimum atomic E-state index is -0.216. The van der Waals surface area contributed by atoms with E-state index in [-0.39, 0.29) is 12.1 Å². The molecule has 1 aliphatic heterocycles. The Hall–Kier alpha value is -3.06. The third-order valence-corrected chi connectivity index (χ3v) is 4.59. The van der Waals surface area contributed by atoms with Gasteiger partial charge < -0.3 is 20.0 Å². The summed E-state index contributed by atoms with van der Waals surface area (Å²) in [6.45, 7) is 3.03. The van der Waals surface area contributed by atoms with Gasteiger partial charge in [-0.2, -0.15) is 0 Å². The highest BCUT2D eigenvalue weighted by molar-refractivity contribution is 5.97. The van der Waals surface area contributed by atoms with E-state index in [2.05, 4.69) is 20.9 Å². The molecule has 0 spiro atoms. The number of fused-ring (bicyclic) bond motifs is 1. The number of hydrogen-bond donors (Lipinski definition) is 2. The van der Waals surface area contributed by atoms with Gasteiger partial charge in [-0.15, -0.1) is 0 Å². The summed E-state index contributed by atoms with van der Waals surface area (Å²) in [6.07, 6.45) is 1.61. The van der Waals surface area contributed by atoms with E-state index in [9.17, 15) is 4.79 Å². The van der Waals surface area contributed by atoms with E-state index in [1.54, 1.807) is 0 Å². The number of carbonyl (C=O) groups excluding carboxylic acids is 1. The number of carbonyl (C=O) groups is 1. The number of nitrogens with zero attached hydrogens (tertiary/aromatic N) is 2. The Morgan fingerprint density at radius 2 is 1.93 bits per heavy atom. The maximum Gasteiger partial charge on any atom is 0.302 e. The van der Waals surface area contributed by atoms with Crippen molar-refractivity contribution in [2.45, 2.75) is 25.9 Å². The van der Waals surface area contributed by atoms with E-state index >= 15 is 0 Å². The summed E-state index contributed by atoms with van der Waals surface area (Å²) in [5.74, 6) is 0.472. The van der Waals surface area contributed by atoms with Crippen LogP contribution in [0.5, 0.6) is 0 Å². The molecule has 4 rings (SSSR count). The summed E-state index contributed by atoms with van der Waals surface area (Å²) in [4.78, 5) is 11.1. The lowest BCUT2D eigenvalue weighted by Gasteiger charge is -2.32. The van der Waals surface area contributed by atoms with Crippen molar-refractivity contribution >= 4 is 34.1 Å². The standard InChI is InChI=1S/C20H22N4O3/c1-14(25)26-16-10-12-24(13-11-16)22-18-9-5-8-17-19(18)27-23-20(17)21-15-6-3-2-4-7-15/h2-9,16,22H,10-13H2,1H3,(H,21,23). The Morgan fingerprint density at radius 1 is 1.15 bits per heavy atom. The molecule has 0 saturated carbocycles.